The molecule has 2 rings (SSSR count). The molecule has 0 aliphatic rings. The number of alkyl halides is 3. The average molecular weight is 346 g/mol. The number of anilines is 2. The quantitative estimate of drug-likeness (QED) is 0.619. The van der Waals surface area contributed by atoms with Gasteiger partial charge in [0.15, 0.2) is 0 Å². The summed E-state index contributed by atoms with van der Waals surface area (Å²) in [6.45, 7) is 0.692. The number of rotatable bonds is 6. The molecule has 23 heavy (non-hydrogen) atoms. The molecule has 0 amide bonds. The van der Waals surface area contributed by atoms with Crippen LogP contribution in [0.15, 0.2) is 30.5 Å². The van der Waals surface area contributed by atoms with E-state index in [0.29, 0.717) is 18.5 Å². The SMILES string of the molecule is COCCCc1ccc(Nc2ncc(C(F)(F)F)c(Cl)n2)cc1. The van der Waals surface area contributed by atoms with Crippen molar-refractivity contribution in [2.24, 2.45) is 0 Å². The lowest BCUT2D eigenvalue weighted by Gasteiger charge is -2.10. The van der Waals surface area contributed by atoms with Gasteiger partial charge in [-0.1, -0.05) is 23.7 Å². The van der Waals surface area contributed by atoms with Crippen molar-refractivity contribution >= 4 is 23.2 Å². The van der Waals surface area contributed by atoms with Gasteiger partial charge in [-0.25, -0.2) is 9.97 Å². The van der Waals surface area contributed by atoms with Gasteiger partial charge in [0.1, 0.15) is 10.7 Å². The van der Waals surface area contributed by atoms with E-state index < -0.39 is 16.9 Å². The van der Waals surface area contributed by atoms with Crippen LogP contribution < -0.4 is 5.32 Å². The molecule has 4 nitrogen and oxygen atoms in total. The number of hydrogen-bond donors (Lipinski definition) is 1. The van der Waals surface area contributed by atoms with Gasteiger partial charge >= 0.3 is 6.18 Å². The zero-order valence-corrected chi connectivity index (χ0v) is 13.1. The average Bonchev–Trinajstić information content (AvgIpc) is 2.48. The van der Waals surface area contributed by atoms with Gasteiger partial charge in [-0.05, 0) is 30.5 Å². The Hall–Kier alpha value is -1.86. The van der Waals surface area contributed by atoms with E-state index in [1.165, 1.54) is 0 Å². The lowest BCUT2D eigenvalue weighted by Crippen LogP contribution is -2.09. The molecule has 124 valence electrons. The first-order valence-electron chi connectivity index (χ1n) is 6.85. The number of hydrogen-bond acceptors (Lipinski definition) is 4. The number of methoxy groups -OCH3 is 1. The molecule has 0 saturated carbocycles. The van der Waals surface area contributed by atoms with E-state index in [1.54, 1.807) is 19.2 Å². The lowest BCUT2D eigenvalue weighted by atomic mass is 10.1. The molecule has 0 unspecified atom stereocenters. The highest BCUT2D eigenvalue weighted by molar-refractivity contribution is 6.30. The summed E-state index contributed by atoms with van der Waals surface area (Å²) < 4.78 is 42.7. The molecule has 0 fully saturated rings. The molecular weight excluding hydrogens is 331 g/mol. The zero-order valence-electron chi connectivity index (χ0n) is 12.3. The molecule has 0 spiro atoms. The van der Waals surface area contributed by atoms with Crippen molar-refractivity contribution in [1.82, 2.24) is 9.97 Å². The Balaban J connectivity index is 2.03. The minimum Gasteiger partial charge on any atom is -0.385 e. The number of aryl methyl sites for hydroxylation is 1. The van der Waals surface area contributed by atoms with E-state index in [-0.39, 0.29) is 5.95 Å². The van der Waals surface area contributed by atoms with Crippen LogP contribution in [0.2, 0.25) is 5.15 Å². The molecule has 0 radical (unpaired) electrons. The fraction of sp³-hybridized carbons (Fsp3) is 0.333. The highest BCUT2D eigenvalue weighted by Gasteiger charge is 2.34. The Bertz CT molecular complexity index is 647. The number of benzene rings is 1. The van der Waals surface area contributed by atoms with Crippen LogP contribution in [0.25, 0.3) is 0 Å². The molecule has 8 heteroatoms. The van der Waals surface area contributed by atoms with Crippen LogP contribution in [0.4, 0.5) is 24.8 Å². The minimum atomic E-state index is -4.57. The summed E-state index contributed by atoms with van der Waals surface area (Å²) in [5, 5.41) is 2.19. The molecule has 1 aromatic heterocycles. The molecular formula is C15H15ClF3N3O. The van der Waals surface area contributed by atoms with Crippen LogP contribution in [0.1, 0.15) is 17.5 Å². The summed E-state index contributed by atoms with van der Waals surface area (Å²) in [6.07, 6.45) is -2.10. The maximum atomic E-state index is 12.6. The second-order valence-corrected chi connectivity index (χ2v) is 5.17. The van der Waals surface area contributed by atoms with E-state index in [0.717, 1.165) is 18.4 Å². The Kier molecular flexibility index (Phi) is 5.79. The number of aromatic nitrogens is 2. The van der Waals surface area contributed by atoms with Gasteiger partial charge in [-0.2, -0.15) is 13.2 Å². The van der Waals surface area contributed by atoms with Gasteiger partial charge in [0, 0.05) is 25.6 Å². The molecule has 0 aliphatic carbocycles. The highest BCUT2D eigenvalue weighted by atomic mass is 35.5. The highest BCUT2D eigenvalue weighted by Crippen LogP contribution is 2.33. The first-order valence-corrected chi connectivity index (χ1v) is 7.22. The standard InChI is InChI=1S/C15H15ClF3N3O/c1-23-8-2-3-10-4-6-11(7-5-10)21-14-20-9-12(13(16)22-14)15(17,18)19/h4-7,9H,2-3,8H2,1H3,(H,20,21,22). The summed E-state index contributed by atoms with van der Waals surface area (Å²) in [5.74, 6) is 0.00938. The summed E-state index contributed by atoms with van der Waals surface area (Å²) in [7, 11) is 1.65. The first-order chi connectivity index (χ1) is 10.9. The van der Waals surface area contributed by atoms with E-state index in [2.05, 4.69) is 15.3 Å². The molecule has 0 aliphatic heterocycles. The van der Waals surface area contributed by atoms with Gasteiger partial charge in [0.25, 0.3) is 0 Å². The van der Waals surface area contributed by atoms with Crippen molar-refractivity contribution in [2.75, 3.05) is 19.0 Å². The van der Waals surface area contributed by atoms with E-state index in [1.807, 2.05) is 12.1 Å². The second-order valence-electron chi connectivity index (χ2n) is 4.81. The Morgan fingerprint density at radius 3 is 2.48 bits per heavy atom. The number of nitrogens with one attached hydrogen (secondary N) is 1. The summed E-state index contributed by atoms with van der Waals surface area (Å²) in [5.41, 5.74) is 0.744. The third-order valence-corrected chi connectivity index (χ3v) is 3.36. The first kappa shape index (κ1) is 17.5. The smallest absolute Gasteiger partial charge is 0.385 e. The van der Waals surface area contributed by atoms with Crippen molar-refractivity contribution in [2.45, 2.75) is 19.0 Å². The largest absolute Gasteiger partial charge is 0.420 e. The molecule has 2 aromatic rings. The Morgan fingerprint density at radius 2 is 1.91 bits per heavy atom. The van der Waals surface area contributed by atoms with Crippen molar-refractivity contribution in [3.63, 3.8) is 0 Å². The number of nitrogens with zero attached hydrogens (tertiary/aromatic N) is 2. The maximum absolute atomic E-state index is 12.6. The van der Waals surface area contributed by atoms with Crippen LogP contribution in [0.5, 0.6) is 0 Å². The van der Waals surface area contributed by atoms with Gasteiger partial charge in [-0.3, -0.25) is 0 Å². The molecule has 0 atom stereocenters. The monoisotopic (exact) mass is 345 g/mol. The maximum Gasteiger partial charge on any atom is 0.420 e. The van der Waals surface area contributed by atoms with Gasteiger partial charge in [-0.15, -0.1) is 0 Å². The molecule has 0 saturated heterocycles. The van der Waals surface area contributed by atoms with Crippen LogP contribution in [-0.2, 0) is 17.3 Å². The van der Waals surface area contributed by atoms with E-state index >= 15 is 0 Å². The predicted octanol–water partition coefficient (Wildman–Crippen LogP) is 4.47. The topological polar surface area (TPSA) is 47.0 Å². The second kappa shape index (κ2) is 7.61. The number of ether oxygens (including phenoxy) is 1. The fourth-order valence-electron chi connectivity index (χ4n) is 1.92. The summed E-state index contributed by atoms with van der Waals surface area (Å²) in [4.78, 5) is 7.27. The van der Waals surface area contributed by atoms with Crippen molar-refractivity contribution in [3.8, 4) is 0 Å². The molecule has 1 N–H and O–H groups in total. The predicted molar refractivity (Wildman–Crippen MR) is 82.0 cm³/mol. The molecule has 0 bridgehead atoms. The van der Waals surface area contributed by atoms with Crippen molar-refractivity contribution in [3.05, 3.63) is 46.7 Å². The zero-order chi connectivity index (χ0) is 16.9. The van der Waals surface area contributed by atoms with Crippen molar-refractivity contribution < 1.29 is 17.9 Å². The normalized spacial score (nSPS) is 11.5. The summed E-state index contributed by atoms with van der Waals surface area (Å²) in [6, 6.07) is 7.45. The Morgan fingerprint density at radius 1 is 1.22 bits per heavy atom. The Labute approximate surface area is 136 Å². The number of halogens is 4. The van der Waals surface area contributed by atoms with Gasteiger partial charge in [0.05, 0.1) is 0 Å². The summed E-state index contributed by atoms with van der Waals surface area (Å²) >= 11 is 5.55. The third-order valence-electron chi connectivity index (χ3n) is 3.07. The van der Waals surface area contributed by atoms with E-state index in [4.69, 9.17) is 16.3 Å². The van der Waals surface area contributed by atoms with Crippen LogP contribution in [0, 0.1) is 0 Å². The molecule has 1 aromatic carbocycles. The van der Waals surface area contributed by atoms with Crippen LogP contribution >= 0.6 is 11.6 Å². The van der Waals surface area contributed by atoms with Gasteiger partial charge < -0.3 is 10.1 Å². The van der Waals surface area contributed by atoms with Gasteiger partial charge in [0.2, 0.25) is 5.95 Å². The fourth-order valence-corrected chi connectivity index (χ4v) is 2.15. The van der Waals surface area contributed by atoms with Crippen LogP contribution in [0.3, 0.4) is 0 Å². The third kappa shape index (κ3) is 5.07. The minimum absolute atomic E-state index is 0.00938. The van der Waals surface area contributed by atoms with Crippen LogP contribution in [-0.4, -0.2) is 23.7 Å². The van der Waals surface area contributed by atoms with E-state index in [9.17, 15) is 13.2 Å². The van der Waals surface area contributed by atoms with Crippen molar-refractivity contribution in [1.29, 1.82) is 0 Å². The molecule has 1 heterocycles. The lowest BCUT2D eigenvalue weighted by molar-refractivity contribution is -0.137.